The van der Waals surface area contributed by atoms with Gasteiger partial charge >= 0.3 is 0 Å². The van der Waals surface area contributed by atoms with Gasteiger partial charge in [-0.25, -0.2) is 0 Å². The molecule has 0 radical (unpaired) electrons. The average molecular weight is 264 g/mol. The minimum atomic E-state index is 0.308. The van der Waals surface area contributed by atoms with Crippen LogP contribution in [0.5, 0.6) is 5.75 Å². The maximum atomic E-state index is 6.04. The molecule has 1 aromatic rings. The second-order valence-electron chi connectivity index (χ2n) is 5.51. The summed E-state index contributed by atoms with van der Waals surface area (Å²) in [5, 5.41) is 0. The zero-order valence-corrected chi connectivity index (χ0v) is 12.5. The second kappa shape index (κ2) is 8.94. The fraction of sp³-hybridized carbons (Fsp3) is 0.625. The van der Waals surface area contributed by atoms with E-state index in [-0.39, 0.29) is 0 Å². The highest BCUT2D eigenvalue weighted by molar-refractivity contribution is 5.20. The molecule has 0 spiro atoms. The van der Waals surface area contributed by atoms with Gasteiger partial charge in [-0.05, 0) is 44.5 Å². The van der Waals surface area contributed by atoms with Gasteiger partial charge in [-0.1, -0.05) is 32.0 Å². The van der Waals surface area contributed by atoms with E-state index < -0.39 is 0 Å². The molecule has 2 N–H and O–H groups in total. The van der Waals surface area contributed by atoms with Crippen molar-refractivity contribution in [2.45, 2.75) is 32.7 Å². The standard InChI is InChI=1S/C16H28N2O/c1-14(2)16(17)10-12-18(3)11-7-13-19-15-8-5-4-6-9-15/h4-6,8-9,14,16H,7,10-13,17H2,1-3H3. The molecule has 108 valence electrons. The summed E-state index contributed by atoms with van der Waals surface area (Å²) in [7, 11) is 2.15. The number of nitrogens with two attached hydrogens (primary N) is 1. The van der Waals surface area contributed by atoms with E-state index in [1.165, 1.54) is 0 Å². The molecule has 1 unspecified atom stereocenters. The Morgan fingerprint density at radius 2 is 1.84 bits per heavy atom. The Hall–Kier alpha value is -1.06. The zero-order chi connectivity index (χ0) is 14.1. The Labute approximate surface area is 117 Å². The molecule has 3 heteroatoms. The third kappa shape index (κ3) is 7.19. The van der Waals surface area contributed by atoms with Crippen molar-refractivity contribution in [2.75, 3.05) is 26.7 Å². The highest BCUT2D eigenvalue weighted by atomic mass is 16.5. The molecule has 1 aromatic carbocycles. The molecule has 0 fully saturated rings. The molecule has 0 amide bonds. The van der Waals surface area contributed by atoms with Gasteiger partial charge in [-0.15, -0.1) is 0 Å². The fourth-order valence-electron chi connectivity index (χ4n) is 1.86. The van der Waals surface area contributed by atoms with Crippen molar-refractivity contribution in [3.63, 3.8) is 0 Å². The molecule has 0 aromatic heterocycles. The SMILES string of the molecule is CC(C)C(N)CCN(C)CCCOc1ccccc1. The Morgan fingerprint density at radius 1 is 1.16 bits per heavy atom. The normalized spacial score (nSPS) is 12.9. The maximum absolute atomic E-state index is 6.04. The predicted molar refractivity (Wildman–Crippen MR) is 81.5 cm³/mol. The number of hydrogen-bond donors (Lipinski definition) is 1. The maximum Gasteiger partial charge on any atom is 0.119 e. The van der Waals surface area contributed by atoms with Gasteiger partial charge in [-0.2, -0.15) is 0 Å². The van der Waals surface area contributed by atoms with E-state index in [1.54, 1.807) is 0 Å². The molecule has 1 atom stereocenters. The summed E-state index contributed by atoms with van der Waals surface area (Å²) in [6, 6.07) is 10.3. The monoisotopic (exact) mass is 264 g/mol. The number of rotatable bonds is 9. The van der Waals surface area contributed by atoms with Crippen LogP contribution in [-0.2, 0) is 0 Å². The van der Waals surface area contributed by atoms with Crippen LogP contribution in [0.3, 0.4) is 0 Å². The number of benzene rings is 1. The molecule has 1 rings (SSSR count). The highest BCUT2D eigenvalue weighted by Crippen LogP contribution is 2.08. The summed E-state index contributed by atoms with van der Waals surface area (Å²) in [4.78, 5) is 2.33. The van der Waals surface area contributed by atoms with E-state index in [4.69, 9.17) is 10.5 Å². The Bertz CT molecular complexity index is 327. The van der Waals surface area contributed by atoms with E-state index in [0.717, 1.165) is 38.3 Å². The number of ether oxygens (including phenoxy) is 1. The molecule has 0 aliphatic carbocycles. The lowest BCUT2D eigenvalue weighted by Gasteiger charge is -2.21. The first-order valence-corrected chi connectivity index (χ1v) is 7.21. The first-order valence-electron chi connectivity index (χ1n) is 7.21. The lowest BCUT2D eigenvalue weighted by atomic mass is 10.0. The van der Waals surface area contributed by atoms with Crippen molar-refractivity contribution in [3.05, 3.63) is 30.3 Å². The molecule has 0 saturated heterocycles. The molecule has 0 aliphatic heterocycles. The smallest absolute Gasteiger partial charge is 0.119 e. The molecule has 0 aliphatic rings. The van der Waals surface area contributed by atoms with E-state index in [0.29, 0.717) is 12.0 Å². The largest absolute Gasteiger partial charge is 0.494 e. The molecule has 3 nitrogen and oxygen atoms in total. The minimum absolute atomic E-state index is 0.308. The summed E-state index contributed by atoms with van der Waals surface area (Å²) in [5.41, 5.74) is 6.04. The van der Waals surface area contributed by atoms with Crippen molar-refractivity contribution < 1.29 is 4.74 Å². The fourth-order valence-corrected chi connectivity index (χ4v) is 1.86. The topological polar surface area (TPSA) is 38.5 Å². The quantitative estimate of drug-likeness (QED) is 0.697. The molecule has 0 heterocycles. The summed E-state index contributed by atoms with van der Waals surface area (Å²) in [5.74, 6) is 1.52. The molecular weight excluding hydrogens is 236 g/mol. The molecular formula is C16H28N2O. The van der Waals surface area contributed by atoms with Crippen molar-refractivity contribution >= 4 is 0 Å². The number of hydrogen-bond acceptors (Lipinski definition) is 3. The lowest BCUT2D eigenvalue weighted by molar-refractivity contribution is 0.253. The van der Waals surface area contributed by atoms with Crippen molar-refractivity contribution in [1.29, 1.82) is 0 Å². The van der Waals surface area contributed by atoms with Gasteiger partial charge < -0.3 is 15.4 Å². The summed E-state index contributed by atoms with van der Waals surface area (Å²) >= 11 is 0. The van der Waals surface area contributed by atoms with Crippen LogP contribution in [-0.4, -0.2) is 37.7 Å². The third-order valence-electron chi connectivity index (χ3n) is 3.40. The van der Waals surface area contributed by atoms with Crippen molar-refractivity contribution in [2.24, 2.45) is 11.7 Å². The van der Waals surface area contributed by atoms with Crippen molar-refractivity contribution in [3.8, 4) is 5.75 Å². The predicted octanol–water partition coefficient (Wildman–Crippen LogP) is 2.76. The van der Waals surface area contributed by atoms with Gasteiger partial charge in [0.05, 0.1) is 6.61 Å². The first kappa shape index (κ1) is 16.0. The van der Waals surface area contributed by atoms with Crippen LogP contribution in [0.15, 0.2) is 30.3 Å². The van der Waals surface area contributed by atoms with Gasteiger partial charge in [-0.3, -0.25) is 0 Å². The Balaban J connectivity index is 2.06. The van der Waals surface area contributed by atoms with Gasteiger partial charge in [0.25, 0.3) is 0 Å². The number of para-hydroxylation sites is 1. The second-order valence-corrected chi connectivity index (χ2v) is 5.51. The lowest BCUT2D eigenvalue weighted by Crippen LogP contribution is -2.32. The zero-order valence-electron chi connectivity index (χ0n) is 12.5. The van der Waals surface area contributed by atoms with Crippen LogP contribution in [0, 0.1) is 5.92 Å². The minimum Gasteiger partial charge on any atom is -0.494 e. The van der Waals surface area contributed by atoms with Gasteiger partial charge in [0.1, 0.15) is 5.75 Å². The van der Waals surface area contributed by atoms with E-state index >= 15 is 0 Å². The van der Waals surface area contributed by atoms with Gasteiger partial charge in [0, 0.05) is 12.6 Å². The summed E-state index contributed by atoms with van der Waals surface area (Å²) in [6.07, 6.45) is 2.11. The van der Waals surface area contributed by atoms with E-state index in [2.05, 4.69) is 25.8 Å². The van der Waals surface area contributed by atoms with E-state index in [9.17, 15) is 0 Å². The first-order chi connectivity index (χ1) is 9.09. The van der Waals surface area contributed by atoms with Crippen LogP contribution in [0.4, 0.5) is 0 Å². The van der Waals surface area contributed by atoms with Crippen LogP contribution in [0.2, 0.25) is 0 Å². The number of nitrogens with zero attached hydrogens (tertiary/aromatic N) is 1. The Kier molecular flexibility index (Phi) is 7.53. The third-order valence-corrected chi connectivity index (χ3v) is 3.40. The van der Waals surface area contributed by atoms with Gasteiger partial charge in [0.2, 0.25) is 0 Å². The Morgan fingerprint density at radius 3 is 2.47 bits per heavy atom. The van der Waals surface area contributed by atoms with Crippen LogP contribution < -0.4 is 10.5 Å². The van der Waals surface area contributed by atoms with Crippen LogP contribution >= 0.6 is 0 Å². The van der Waals surface area contributed by atoms with Crippen LogP contribution in [0.1, 0.15) is 26.7 Å². The molecule has 0 bridgehead atoms. The average Bonchev–Trinajstić information content (AvgIpc) is 2.42. The van der Waals surface area contributed by atoms with Crippen LogP contribution in [0.25, 0.3) is 0 Å². The molecule has 19 heavy (non-hydrogen) atoms. The van der Waals surface area contributed by atoms with Crippen molar-refractivity contribution in [1.82, 2.24) is 4.90 Å². The van der Waals surface area contributed by atoms with Gasteiger partial charge in [0.15, 0.2) is 0 Å². The highest BCUT2D eigenvalue weighted by Gasteiger charge is 2.08. The molecule has 0 saturated carbocycles. The summed E-state index contributed by atoms with van der Waals surface area (Å²) in [6.45, 7) is 7.24. The summed E-state index contributed by atoms with van der Waals surface area (Å²) < 4.78 is 5.67. The van der Waals surface area contributed by atoms with E-state index in [1.807, 2.05) is 30.3 Å².